The quantitative estimate of drug-likeness (QED) is 0.683. The number of nitrogen functional groups attached to an aromatic ring is 1. The second kappa shape index (κ2) is 5.80. The summed E-state index contributed by atoms with van der Waals surface area (Å²) in [6.45, 7) is 2.15. The van der Waals surface area contributed by atoms with Crippen LogP contribution in [0.1, 0.15) is 19.4 Å². The third kappa shape index (κ3) is 4.07. The molecule has 1 aromatic rings. The second-order valence-corrected chi connectivity index (χ2v) is 6.77. The minimum absolute atomic E-state index is 0.0387. The highest BCUT2D eigenvalue weighted by Gasteiger charge is 2.39. The van der Waals surface area contributed by atoms with Gasteiger partial charge in [-0.1, -0.05) is 0 Å². The fourth-order valence-electron chi connectivity index (χ4n) is 1.80. The first kappa shape index (κ1) is 17.7. The highest BCUT2D eigenvalue weighted by molar-refractivity contribution is 7.89. The molecule has 0 atom stereocenters. The van der Waals surface area contributed by atoms with Crippen molar-refractivity contribution < 1.29 is 26.0 Å². The van der Waals surface area contributed by atoms with Crippen LogP contribution in [0, 0.1) is 12.7 Å². The molecule has 0 aliphatic heterocycles. The molecule has 0 radical (unpaired) electrons. The number of rotatable bonds is 4. The van der Waals surface area contributed by atoms with E-state index in [1.165, 1.54) is 26.8 Å². The first-order valence-corrected chi connectivity index (χ1v) is 7.44. The molecule has 9 heteroatoms. The summed E-state index contributed by atoms with van der Waals surface area (Å²) in [5, 5.41) is 0. The van der Waals surface area contributed by atoms with E-state index in [2.05, 4.69) is 0 Å². The van der Waals surface area contributed by atoms with Crippen LogP contribution in [-0.2, 0) is 10.0 Å². The Kier molecular flexibility index (Phi) is 4.89. The SMILES string of the molecule is Cc1cc(N)cc(S(=O)(=O)N(CC(F)(F)F)C(C)C)c1F. The van der Waals surface area contributed by atoms with E-state index in [0.29, 0.717) is 0 Å². The molecule has 0 aliphatic carbocycles. The molecular weight excluding hydrogens is 312 g/mol. The molecule has 1 aromatic carbocycles. The predicted molar refractivity (Wildman–Crippen MR) is 70.6 cm³/mol. The molecule has 0 spiro atoms. The number of benzene rings is 1. The number of sulfonamides is 1. The van der Waals surface area contributed by atoms with Crippen LogP contribution < -0.4 is 5.73 Å². The maximum absolute atomic E-state index is 14.0. The summed E-state index contributed by atoms with van der Waals surface area (Å²) in [6, 6.07) is 1.04. The van der Waals surface area contributed by atoms with E-state index in [-0.39, 0.29) is 15.6 Å². The van der Waals surface area contributed by atoms with E-state index in [1.807, 2.05) is 0 Å². The molecule has 1 rings (SSSR count). The van der Waals surface area contributed by atoms with Gasteiger partial charge in [-0.3, -0.25) is 0 Å². The molecule has 0 unspecified atom stereocenters. The van der Waals surface area contributed by atoms with Gasteiger partial charge in [-0.05, 0) is 38.5 Å². The van der Waals surface area contributed by atoms with Gasteiger partial charge in [0.2, 0.25) is 10.0 Å². The van der Waals surface area contributed by atoms with Gasteiger partial charge in [0.25, 0.3) is 0 Å². The summed E-state index contributed by atoms with van der Waals surface area (Å²) >= 11 is 0. The summed E-state index contributed by atoms with van der Waals surface area (Å²) in [5.74, 6) is -1.10. The maximum atomic E-state index is 14.0. The summed E-state index contributed by atoms with van der Waals surface area (Å²) in [4.78, 5) is -0.849. The van der Waals surface area contributed by atoms with Gasteiger partial charge in [-0.25, -0.2) is 12.8 Å². The van der Waals surface area contributed by atoms with Gasteiger partial charge < -0.3 is 5.73 Å². The van der Waals surface area contributed by atoms with Crippen molar-refractivity contribution in [3.8, 4) is 0 Å². The lowest BCUT2D eigenvalue weighted by atomic mass is 10.2. The fourth-order valence-corrected chi connectivity index (χ4v) is 3.60. The van der Waals surface area contributed by atoms with Crippen molar-refractivity contribution in [1.29, 1.82) is 0 Å². The Hall–Kier alpha value is -1.35. The van der Waals surface area contributed by atoms with Crippen molar-refractivity contribution in [3.05, 3.63) is 23.5 Å². The minimum Gasteiger partial charge on any atom is -0.399 e. The number of aryl methyl sites for hydroxylation is 1. The van der Waals surface area contributed by atoms with Crippen molar-refractivity contribution in [2.45, 2.75) is 37.9 Å². The Morgan fingerprint density at radius 3 is 2.24 bits per heavy atom. The van der Waals surface area contributed by atoms with Gasteiger partial charge in [0.1, 0.15) is 17.3 Å². The third-order valence-electron chi connectivity index (χ3n) is 2.74. The highest BCUT2D eigenvalue weighted by atomic mass is 32.2. The van der Waals surface area contributed by atoms with Gasteiger partial charge >= 0.3 is 6.18 Å². The Morgan fingerprint density at radius 1 is 1.29 bits per heavy atom. The Labute approximate surface area is 120 Å². The van der Waals surface area contributed by atoms with Crippen molar-refractivity contribution in [2.24, 2.45) is 0 Å². The molecule has 0 aliphatic rings. The molecule has 0 saturated heterocycles. The van der Waals surface area contributed by atoms with E-state index in [0.717, 1.165) is 6.07 Å². The lowest BCUT2D eigenvalue weighted by molar-refractivity contribution is -0.138. The van der Waals surface area contributed by atoms with E-state index < -0.39 is 39.5 Å². The zero-order chi connectivity index (χ0) is 16.6. The van der Waals surface area contributed by atoms with Crippen LogP contribution >= 0.6 is 0 Å². The van der Waals surface area contributed by atoms with Crippen molar-refractivity contribution in [1.82, 2.24) is 4.31 Å². The molecule has 4 nitrogen and oxygen atoms in total. The van der Waals surface area contributed by atoms with E-state index in [1.54, 1.807) is 0 Å². The molecule has 120 valence electrons. The maximum Gasteiger partial charge on any atom is 0.402 e. The topological polar surface area (TPSA) is 63.4 Å². The van der Waals surface area contributed by atoms with Crippen LogP contribution in [0.4, 0.5) is 23.2 Å². The summed E-state index contributed by atoms with van der Waals surface area (Å²) in [6.07, 6.45) is -4.73. The number of anilines is 1. The number of halogens is 4. The Balaban J connectivity index is 3.44. The zero-order valence-corrected chi connectivity index (χ0v) is 12.5. The van der Waals surface area contributed by atoms with Gasteiger partial charge in [0, 0.05) is 11.7 Å². The predicted octanol–water partition coefficient (Wildman–Crippen LogP) is 2.68. The second-order valence-electron chi connectivity index (χ2n) is 4.91. The minimum atomic E-state index is -4.73. The number of nitrogens with two attached hydrogens (primary N) is 1. The van der Waals surface area contributed by atoms with E-state index in [9.17, 15) is 26.0 Å². The van der Waals surface area contributed by atoms with E-state index in [4.69, 9.17) is 5.73 Å². The standard InChI is InChI=1S/C12H16F4N2O2S/c1-7(2)18(6-12(14,15)16)21(19,20)10-5-9(17)4-8(3)11(10)13/h4-5,7H,6,17H2,1-3H3. The van der Waals surface area contributed by atoms with Crippen LogP contribution in [0.2, 0.25) is 0 Å². The molecule has 0 saturated carbocycles. The highest BCUT2D eigenvalue weighted by Crippen LogP contribution is 2.28. The van der Waals surface area contributed by atoms with Crippen LogP contribution in [0.25, 0.3) is 0 Å². The normalized spacial score (nSPS) is 13.2. The first-order valence-electron chi connectivity index (χ1n) is 6.00. The number of nitrogens with zero attached hydrogens (tertiary/aromatic N) is 1. The lowest BCUT2D eigenvalue weighted by Crippen LogP contribution is -2.43. The zero-order valence-electron chi connectivity index (χ0n) is 11.7. The molecule has 21 heavy (non-hydrogen) atoms. The summed E-state index contributed by atoms with van der Waals surface area (Å²) in [7, 11) is -4.65. The summed E-state index contributed by atoms with van der Waals surface area (Å²) < 4.78 is 76.4. The molecule has 0 heterocycles. The Bertz CT molecular complexity index is 627. The average molecular weight is 328 g/mol. The van der Waals surface area contributed by atoms with Crippen LogP contribution in [-0.4, -0.2) is 31.5 Å². The number of alkyl halides is 3. The third-order valence-corrected chi connectivity index (χ3v) is 4.76. The van der Waals surface area contributed by atoms with Gasteiger partial charge in [0.05, 0.1) is 0 Å². The van der Waals surface area contributed by atoms with Gasteiger partial charge in [-0.15, -0.1) is 0 Å². The van der Waals surface area contributed by atoms with Crippen molar-refractivity contribution in [2.75, 3.05) is 12.3 Å². The fraction of sp³-hybridized carbons (Fsp3) is 0.500. The smallest absolute Gasteiger partial charge is 0.399 e. The number of hydrogen-bond acceptors (Lipinski definition) is 3. The Morgan fingerprint density at radius 2 is 1.81 bits per heavy atom. The first-order chi connectivity index (χ1) is 9.36. The molecule has 0 fully saturated rings. The van der Waals surface area contributed by atoms with Crippen LogP contribution in [0.3, 0.4) is 0 Å². The van der Waals surface area contributed by atoms with Gasteiger partial charge in [0.15, 0.2) is 0 Å². The average Bonchev–Trinajstić information content (AvgIpc) is 2.29. The molecule has 2 N–H and O–H groups in total. The lowest BCUT2D eigenvalue weighted by Gasteiger charge is -2.27. The molecular formula is C12H16F4N2O2S. The van der Waals surface area contributed by atoms with Gasteiger partial charge in [-0.2, -0.15) is 17.5 Å². The largest absolute Gasteiger partial charge is 0.402 e. The van der Waals surface area contributed by atoms with E-state index >= 15 is 0 Å². The molecule has 0 bridgehead atoms. The molecule has 0 aromatic heterocycles. The number of hydrogen-bond donors (Lipinski definition) is 1. The van der Waals surface area contributed by atoms with Crippen LogP contribution in [0.15, 0.2) is 17.0 Å². The monoisotopic (exact) mass is 328 g/mol. The summed E-state index contributed by atoms with van der Waals surface area (Å²) in [5.41, 5.74) is 5.37. The van der Waals surface area contributed by atoms with Crippen molar-refractivity contribution >= 4 is 15.7 Å². The molecule has 0 amide bonds. The van der Waals surface area contributed by atoms with Crippen molar-refractivity contribution in [3.63, 3.8) is 0 Å². The van der Waals surface area contributed by atoms with Crippen LogP contribution in [0.5, 0.6) is 0 Å².